The Bertz CT molecular complexity index is 203. The summed E-state index contributed by atoms with van der Waals surface area (Å²) >= 11 is 11.1. The standard InChI is InChI=1S/C7H5Cl2.ClH.Zn/c8-5-6-3-1-2-4-7(6)9;;/h1-5H;1H;/q-1;;. The fourth-order valence-electron chi connectivity index (χ4n) is 0.564. The van der Waals surface area contributed by atoms with Gasteiger partial charge in [0.15, 0.2) is 0 Å². The van der Waals surface area contributed by atoms with Crippen molar-refractivity contribution in [1.82, 2.24) is 0 Å². The van der Waals surface area contributed by atoms with Crippen LogP contribution in [0.5, 0.6) is 0 Å². The molecular formula is C7H6Cl3Zn-. The maximum Gasteiger partial charge on any atom is 0 e. The molecule has 4 heteroatoms. The van der Waals surface area contributed by atoms with Crippen LogP contribution >= 0.6 is 35.6 Å². The zero-order chi connectivity index (χ0) is 6.69. The molecule has 11 heavy (non-hydrogen) atoms. The van der Waals surface area contributed by atoms with E-state index in [2.05, 4.69) is 0 Å². The zero-order valence-electron chi connectivity index (χ0n) is 5.76. The summed E-state index contributed by atoms with van der Waals surface area (Å²) in [6.07, 6.45) is 0. The van der Waals surface area contributed by atoms with Crippen molar-refractivity contribution < 1.29 is 19.5 Å². The number of benzene rings is 1. The molecule has 0 N–H and O–H groups in total. The fourth-order valence-corrected chi connectivity index (χ4v) is 1.00. The van der Waals surface area contributed by atoms with E-state index in [4.69, 9.17) is 23.2 Å². The Morgan fingerprint density at radius 2 is 1.73 bits per heavy atom. The molecule has 0 atom stereocenters. The molecule has 0 aliphatic rings. The Morgan fingerprint density at radius 3 is 2.09 bits per heavy atom. The Hall–Kier alpha value is 0.583. The third-order valence-electron chi connectivity index (χ3n) is 1.02. The van der Waals surface area contributed by atoms with Gasteiger partial charge in [-0.3, -0.25) is 0 Å². The van der Waals surface area contributed by atoms with E-state index in [1.165, 1.54) is 5.88 Å². The van der Waals surface area contributed by atoms with Gasteiger partial charge >= 0.3 is 0 Å². The van der Waals surface area contributed by atoms with E-state index in [1.54, 1.807) is 6.07 Å². The first-order valence-electron chi connectivity index (χ1n) is 2.52. The predicted molar refractivity (Wildman–Crippen MR) is 48.0 cm³/mol. The van der Waals surface area contributed by atoms with Crippen molar-refractivity contribution in [2.24, 2.45) is 0 Å². The Balaban J connectivity index is 0. The molecule has 0 heterocycles. The number of rotatable bonds is 1. The summed E-state index contributed by atoms with van der Waals surface area (Å²) in [4.78, 5) is 0. The summed E-state index contributed by atoms with van der Waals surface area (Å²) in [5.74, 6) is 1.46. The summed E-state index contributed by atoms with van der Waals surface area (Å²) < 4.78 is 0. The molecule has 0 saturated carbocycles. The average Bonchev–Trinajstić information content (AvgIpc) is 1.89. The number of hydrogen-bond acceptors (Lipinski definition) is 0. The van der Waals surface area contributed by atoms with Crippen molar-refractivity contribution in [2.45, 2.75) is 0 Å². The van der Waals surface area contributed by atoms with Crippen LogP contribution in [0.4, 0.5) is 0 Å². The van der Waals surface area contributed by atoms with Crippen molar-refractivity contribution in [2.75, 3.05) is 0 Å². The summed E-state index contributed by atoms with van der Waals surface area (Å²) in [5, 5.41) is 0.688. The summed E-state index contributed by atoms with van der Waals surface area (Å²) in [5.41, 5.74) is 0.862. The monoisotopic (exact) mass is 259 g/mol. The largest absolute Gasteiger partial charge is 0.174 e. The first kappa shape index (κ1) is 14.1. The van der Waals surface area contributed by atoms with Crippen LogP contribution in [0.2, 0.25) is 5.02 Å². The van der Waals surface area contributed by atoms with Gasteiger partial charge in [0.2, 0.25) is 0 Å². The van der Waals surface area contributed by atoms with Crippen LogP contribution in [0, 0.1) is 5.88 Å². The van der Waals surface area contributed by atoms with Crippen LogP contribution in [0.25, 0.3) is 0 Å². The first-order chi connectivity index (χ1) is 4.34. The molecule has 0 nitrogen and oxygen atoms in total. The SMILES string of the molecule is Cl.Cl[CH-]c1ccccc1Cl.[Zn]. The van der Waals surface area contributed by atoms with Crippen LogP contribution in [0.1, 0.15) is 5.56 Å². The molecule has 0 saturated heterocycles. The van der Waals surface area contributed by atoms with Crippen LogP contribution in [0.3, 0.4) is 0 Å². The van der Waals surface area contributed by atoms with Crippen molar-refractivity contribution >= 4 is 35.6 Å². The second-order valence-corrected chi connectivity index (χ2v) is 2.26. The quantitative estimate of drug-likeness (QED) is 0.536. The van der Waals surface area contributed by atoms with E-state index in [9.17, 15) is 0 Å². The maximum absolute atomic E-state index is 5.71. The van der Waals surface area contributed by atoms with Gasteiger partial charge in [0.1, 0.15) is 0 Å². The van der Waals surface area contributed by atoms with E-state index in [1.807, 2.05) is 18.2 Å². The van der Waals surface area contributed by atoms with E-state index >= 15 is 0 Å². The van der Waals surface area contributed by atoms with Crippen LogP contribution in [-0.2, 0) is 19.5 Å². The number of halogens is 3. The zero-order valence-corrected chi connectivity index (χ0v) is 11.1. The molecule has 0 amide bonds. The van der Waals surface area contributed by atoms with Crippen LogP contribution in [0.15, 0.2) is 24.3 Å². The average molecular weight is 262 g/mol. The molecule has 0 aliphatic heterocycles. The second-order valence-electron chi connectivity index (χ2n) is 1.63. The third-order valence-corrected chi connectivity index (χ3v) is 1.60. The van der Waals surface area contributed by atoms with E-state index in [-0.39, 0.29) is 31.9 Å². The molecule has 0 radical (unpaired) electrons. The maximum atomic E-state index is 5.71. The van der Waals surface area contributed by atoms with Gasteiger partial charge in [-0.1, -0.05) is 17.0 Å². The van der Waals surface area contributed by atoms with Gasteiger partial charge in [0.25, 0.3) is 0 Å². The van der Waals surface area contributed by atoms with Gasteiger partial charge in [-0.05, 0) is 0 Å². The molecule has 0 aliphatic carbocycles. The van der Waals surface area contributed by atoms with Crippen molar-refractivity contribution in [1.29, 1.82) is 0 Å². The predicted octanol–water partition coefficient (Wildman–Crippen LogP) is 3.51. The van der Waals surface area contributed by atoms with E-state index < -0.39 is 0 Å². The van der Waals surface area contributed by atoms with Gasteiger partial charge in [0, 0.05) is 19.5 Å². The minimum absolute atomic E-state index is 0. The van der Waals surface area contributed by atoms with Crippen molar-refractivity contribution in [3.05, 3.63) is 40.7 Å². The van der Waals surface area contributed by atoms with Crippen molar-refractivity contribution in [3.8, 4) is 0 Å². The number of hydrogen-bond donors (Lipinski definition) is 0. The summed E-state index contributed by atoms with van der Waals surface area (Å²) in [7, 11) is 0. The minimum Gasteiger partial charge on any atom is -0.174 e. The molecule has 0 bridgehead atoms. The van der Waals surface area contributed by atoms with Gasteiger partial charge in [-0.2, -0.15) is 34.8 Å². The molecule has 0 fully saturated rings. The molecule has 1 rings (SSSR count). The van der Waals surface area contributed by atoms with Gasteiger partial charge < -0.3 is 0 Å². The summed E-state index contributed by atoms with van der Waals surface area (Å²) in [6.45, 7) is 0. The first-order valence-corrected chi connectivity index (χ1v) is 3.34. The van der Waals surface area contributed by atoms with Crippen molar-refractivity contribution in [3.63, 3.8) is 0 Å². The fraction of sp³-hybridized carbons (Fsp3) is 0. The van der Waals surface area contributed by atoms with E-state index in [0.717, 1.165) is 5.56 Å². The topological polar surface area (TPSA) is 0 Å². The molecular weight excluding hydrogens is 256 g/mol. The van der Waals surface area contributed by atoms with E-state index in [0.29, 0.717) is 5.02 Å². The smallest absolute Gasteiger partial charge is 0 e. The Labute approximate surface area is 95.4 Å². The molecule has 1 aromatic carbocycles. The molecule has 0 aromatic heterocycles. The summed E-state index contributed by atoms with van der Waals surface area (Å²) in [6, 6.07) is 7.41. The van der Waals surface area contributed by atoms with Crippen LogP contribution < -0.4 is 0 Å². The van der Waals surface area contributed by atoms with Gasteiger partial charge in [-0.25, -0.2) is 0 Å². The van der Waals surface area contributed by atoms with Gasteiger partial charge in [-0.15, -0.1) is 24.5 Å². The third kappa shape index (κ3) is 4.23. The second kappa shape index (κ2) is 7.24. The Kier molecular flexibility index (Phi) is 9.30. The van der Waals surface area contributed by atoms with Gasteiger partial charge in [0.05, 0.1) is 0 Å². The molecule has 0 unspecified atom stereocenters. The molecule has 58 valence electrons. The minimum atomic E-state index is 0. The molecule has 1 aromatic rings. The van der Waals surface area contributed by atoms with Crippen LogP contribution in [-0.4, -0.2) is 0 Å². The Morgan fingerprint density at radius 1 is 1.18 bits per heavy atom. The normalized spacial score (nSPS) is 7.45. The molecule has 0 spiro atoms.